The van der Waals surface area contributed by atoms with Crippen LogP contribution < -0.4 is 33.1 Å². The SMILES string of the molecule is COC(=O)C1CC(NC(=O)c2cc(=O)[nH]c(=O)[nH]2)[C@@H](OC[C@@H]2OC(C)[C@@H](O)[C@H](O)C2O)[C@H](O[C@@H]2O[C@@H](CO)[C@H](O)C(O[C@@H](CC3CCCCC3)C(=O)O)C2OC(=O)Cn2cc(COCCOCCOCCOCCOCc3cn(CC(=O)OC4C(O[C@@H](CC5CCCCC5)C(=O)O)[C@@H](O)[C@H](CO)O[C@H]4O[C@@H]4CC(C(=O)OC)CC(NC(=O)c5cc(=O)[nH]c(=O)[nH]5)[C@H]4OC[C@@H]4OC(C)[C@@H](O)[C@H](O)C4O)nn3)nn2)C1. The number of carbonyl (C=O) groups excluding carboxylic acids is 6. The molecule has 12 unspecified atom stereocenters. The van der Waals surface area contributed by atoms with Gasteiger partial charge in [-0.05, 0) is 64.2 Å². The van der Waals surface area contributed by atoms with E-state index in [1.807, 2.05) is 9.97 Å². The topological polar surface area (TPSA) is 772 Å². The highest BCUT2D eigenvalue weighted by Gasteiger charge is 2.57. The average Bonchev–Trinajstić information content (AvgIpc) is 1.22. The van der Waals surface area contributed by atoms with Crippen molar-refractivity contribution in [2.45, 2.75) is 314 Å². The highest BCUT2D eigenvalue weighted by Crippen LogP contribution is 2.41. The molecule has 4 aromatic heterocycles. The molecule has 0 spiro atoms. The number of H-pyrrole nitrogens is 4. The number of rotatable bonds is 50. The average molecular weight is 2040 g/mol. The molecule has 12 rings (SSSR count). The van der Waals surface area contributed by atoms with E-state index >= 15 is 0 Å². The van der Waals surface area contributed by atoms with E-state index in [1.54, 1.807) is 0 Å². The molecule has 0 aromatic carbocycles. The molecule has 8 heterocycles. The molecule has 4 aromatic rings. The molecule has 8 aliphatic rings. The number of methoxy groups -OCH3 is 2. The molecule has 0 bridgehead atoms. The van der Waals surface area contributed by atoms with Crippen molar-refractivity contribution in [2.24, 2.45) is 23.7 Å². The largest absolute Gasteiger partial charge is 0.479 e. The van der Waals surface area contributed by atoms with E-state index in [1.165, 1.54) is 26.2 Å². The van der Waals surface area contributed by atoms with Gasteiger partial charge in [-0.25, -0.2) is 28.5 Å². The third-order valence-corrected chi connectivity index (χ3v) is 26.4. The van der Waals surface area contributed by atoms with Crippen LogP contribution in [0.5, 0.6) is 0 Å². The van der Waals surface area contributed by atoms with Gasteiger partial charge < -0.3 is 172 Å². The van der Waals surface area contributed by atoms with Crippen molar-refractivity contribution in [1.82, 2.24) is 60.6 Å². The normalized spacial score (nSPS) is 31.9. The third kappa shape index (κ3) is 31.3. The molecule has 55 heteroatoms. The molecule has 18 N–H and O–H groups in total. The van der Waals surface area contributed by atoms with Crippen LogP contribution in [0.3, 0.4) is 0 Å². The number of nitrogens with one attached hydrogen (secondary N) is 6. The van der Waals surface area contributed by atoms with Gasteiger partial charge >= 0.3 is 47.2 Å². The predicted octanol–water partition coefficient (Wildman–Crippen LogP) is -6.95. The molecule has 143 heavy (non-hydrogen) atoms. The van der Waals surface area contributed by atoms with Gasteiger partial charge in [-0.15, -0.1) is 10.2 Å². The number of carbonyl (C=O) groups is 8. The lowest BCUT2D eigenvalue weighted by Crippen LogP contribution is -2.65. The molecule has 4 aliphatic heterocycles. The summed E-state index contributed by atoms with van der Waals surface area (Å²) < 4.78 is 116. The first-order chi connectivity index (χ1) is 68.6. The van der Waals surface area contributed by atoms with Crippen molar-refractivity contribution >= 4 is 47.6 Å². The second kappa shape index (κ2) is 54.2. The summed E-state index contributed by atoms with van der Waals surface area (Å²) in [4.78, 5) is 168. The summed E-state index contributed by atoms with van der Waals surface area (Å²) in [6, 6.07) is -1.17. The number of nitrogens with zero attached hydrogens (tertiary/aromatic N) is 6. The third-order valence-electron chi connectivity index (χ3n) is 26.4. The van der Waals surface area contributed by atoms with Gasteiger partial charge in [-0.1, -0.05) is 74.6 Å². The minimum Gasteiger partial charge on any atom is -0.479 e. The van der Waals surface area contributed by atoms with E-state index in [0.717, 1.165) is 74.2 Å². The number of aliphatic hydroxyl groups excluding tert-OH is 10. The molecular weight excluding hydrogens is 1910 g/mol. The van der Waals surface area contributed by atoms with Crippen LogP contribution >= 0.6 is 0 Å². The number of hydrogen-bond acceptors (Lipinski definition) is 45. The molecular formula is C88H130N12O43. The van der Waals surface area contributed by atoms with E-state index in [9.17, 15) is 119 Å². The zero-order valence-corrected chi connectivity index (χ0v) is 79.1. The number of aliphatic carboxylic acids is 2. The van der Waals surface area contributed by atoms with Crippen LogP contribution in [-0.4, -0.2) is 423 Å². The summed E-state index contributed by atoms with van der Waals surface area (Å²) in [5, 5.41) is 153. The maximum Gasteiger partial charge on any atom is 0.332 e. The standard InChI is InChI=1S/C88H130N12O43/c1-41-65(107)71(113)67(109)59(134-41)39-132-73-49(89-79(115)51-29-61(103)93-87(123)91-51)25-45(83(121)125-3)27-53(73)138-85-77(75(69(111)57(35-101)140-85)136-55(81(117)118)23-43-11-7-5-8-12-43)142-63(105)33-99-31-47(95-97-99)37-130-21-19-128-17-15-127-16-18-129-20-22-131-38-48-32-100(98-96-48)34-64(106)143-78-76(137-56(82(119)120)24-44-13-9-6-10-14-44)70(112)58(36-102)141-86(78)139-54-28-46(84(122)126-4)26-50(90-80(116)52-30-62(104)94-88(124)92-52)74(54)133-40-60-68(110)72(114)66(108)42(2)135-60/h29-32,41-46,49-50,53-60,65-78,85-86,101-102,107-114H,5-28,33-40H2,1-4H3,(H,89,115)(H,90,116)(H,117,118)(H,119,120)(H2,91,93,103,123)(H2,92,94,104,124)/t41?,42?,45?,46?,49?,50?,53-,54-,55+,56+,57+,58+,59+,60+,65-,66-,67?,68?,69+,70+,71+,72+,73-,74-,75?,76?,77?,78?,85-,86-/m1/s1. The molecule has 4 saturated carbocycles. The molecule has 8 fully saturated rings. The van der Waals surface area contributed by atoms with E-state index in [2.05, 4.69) is 41.2 Å². The van der Waals surface area contributed by atoms with Gasteiger partial charge in [-0.2, -0.15) is 0 Å². The first-order valence-corrected chi connectivity index (χ1v) is 47.7. The lowest BCUT2D eigenvalue weighted by Gasteiger charge is -2.47. The van der Waals surface area contributed by atoms with Gasteiger partial charge in [0.15, 0.2) is 37.0 Å². The second-order valence-electron chi connectivity index (χ2n) is 36.6. The zero-order chi connectivity index (χ0) is 103. The van der Waals surface area contributed by atoms with E-state index in [0.29, 0.717) is 25.7 Å². The zero-order valence-electron chi connectivity index (χ0n) is 79.1. The van der Waals surface area contributed by atoms with Gasteiger partial charge in [0.05, 0.1) is 167 Å². The lowest BCUT2D eigenvalue weighted by molar-refractivity contribution is -0.333. The van der Waals surface area contributed by atoms with Crippen LogP contribution in [0, 0.1) is 23.7 Å². The summed E-state index contributed by atoms with van der Waals surface area (Å²) in [5.74, 6) is -11.5. The molecule has 55 nitrogen and oxygen atoms in total. The van der Waals surface area contributed by atoms with Crippen LogP contribution in [-0.2, 0) is 145 Å². The Bertz CT molecular complexity index is 4640. The second-order valence-corrected chi connectivity index (χ2v) is 36.6. The minimum atomic E-state index is -1.97. The highest BCUT2D eigenvalue weighted by atomic mass is 16.8. The number of hydrogen-bond donors (Lipinski definition) is 18. The Balaban J connectivity index is 0.617. The summed E-state index contributed by atoms with van der Waals surface area (Å²) >= 11 is 0. The first-order valence-electron chi connectivity index (χ1n) is 47.7. The van der Waals surface area contributed by atoms with E-state index in [-0.39, 0.29) is 128 Å². The lowest BCUT2D eigenvalue weighted by atomic mass is 9.81. The number of carboxylic acid groups (broad SMARTS) is 2. The predicted molar refractivity (Wildman–Crippen MR) is 471 cm³/mol. The van der Waals surface area contributed by atoms with Gasteiger partial charge in [0.1, 0.15) is 134 Å². The Morgan fingerprint density at radius 1 is 0.448 bits per heavy atom. The number of ether oxygens (including phenoxy) is 19. The summed E-state index contributed by atoms with van der Waals surface area (Å²) in [6.07, 6.45) is -33.7. The van der Waals surface area contributed by atoms with Gasteiger partial charge in [-0.3, -0.25) is 48.3 Å². The molecule has 2 amide bonds. The fourth-order valence-electron chi connectivity index (χ4n) is 19.0. The highest BCUT2D eigenvalue weighted by molar-refractivity contribution is 5.93. The van der Waals surface area contributed by atoms with E-state index in [4.69, 9.17) is 90.0 Å². The van der Waals surface area contributed by atoms with Crippen LogP contribution in [0.2, 0.25) is 0 Å². The van der Waals surface area contributed by atoms with Crippen molar-refractivity contribution < 1.29 is 190 Å². The van der Waals surface area contributed by atoms with E-state index < -0.39 is 304 Å². The number of aromatic nitrogens is 10. The van der Waals surface area contributed by atoms with Crippen molar-refractivity contribution in [3.05, 3.63) is 89.0 Å². The quantitative estimate of drug-likeness (QED) is 0.0111. The Morgan fingerprint density at radius 3 is 1.15 bits per heavy atom. The fourth-order valence-corrected chi connectivity index (χ4v) is 19.0. The van der Waals surface area contributed by atoms with Gasteiger partial charge in [0.25, 0.3) is 22.9 Å². The summed E-state index contributed by atoms with van der Waals surface area (Å²) in [7, 11) is 2.18. The number of amides is 2. The maximum atomic E-state index is 14.4. The van der Waals surface area contributed by atoms with Gasteiger partial charge in [0.2, 0.25) is 0 Å². The number of carboxylic acids is 2. The summed E-state index contributed by atoms with van der Waals surface area (Å²) in [5.41, 5.74) is -4.59. The Kier molecular flexibility index (Phi) is 42.5. The van der Waals surface area contributed by atoms with Crippen LogP contribution in [0.15, 0.2) is 43.7 Å². The number of aliphatic hydroxyl groups is 10. The van der Waals surface area contributed by atoms with Crippen molar-refractivity contribution in [3.63, 3.8) is 0 Å². The van der Waals surface area contributed by atoms with Crippen LogP contribution in [0.25, 0.3) is 0 Å². The molecule has 0 radical (unpaired) electrons. The molecule has 4 aliphatic carbocycles. The monoisotopic (exact) mass is 2040 g/mol. The summed E-state index contributed by atoms with van der Waals surface area (Å²) in [6.45, 7) is -1.03. The Morgan fingerprint density at radius 2 is 0.811 bits per heavy atom. The van der Waals surface area contributed by atoms with Crippen molar-refractivity contribution in [3.8, 4) is 0 Å². The minimum absolute atomic E-state index is 0.0370. The van der Waals surface area contributed by atoms with Crippen molar-refractivity contribution in [1.29, 1.82) is 0 Å². The maximum absolute atomic E-state index is 14.4. The van der Waals surface area contributed by atoms with Gasteiger partial charge in [0, 0.05) is 12.1 Å². The molecule has 30 atom stereocenters. The van der Waals surface area contributed by atoms with Crippen molar-refractivity contribution in [2.75, 3.05) is 93.5 Å². The van der Waals surface area contributed by atoms with Crippen LogP contribution in [0.4, 0.5) is 0 Å². The smallest absolute Gasteiger partial charge is 0.332 e. The first kappa shape index (κ1) is 112. The molecule has 800 valence electrons. The Hall–Kier alpha value is -9.60. The Labute approximate surface area is 814 Å². The van der Waals surface area contributed by atoms with Crippen LogP contribution in [0.1, 0.15) is 149 Å². The molecule has 4 saturated heterocycles. The fraction of sp³-hybridized carbons (Fsp3) is 0.773. The number of aromatic amines is 4. The number of esters is 4.